The molecule has 1 aliphatic carbocycles. The van der Waals surface area contributed by atoms with Gasteiger partial charge in [0.25, 0.3) is 0 Å². The van der Waals surface area contributed by atoms with E-state index in [1.165, 1.54) is 5.56 Å². The van der Waals surface area contributed by atoms with Gasteiger partial charge in [0, 0.05) is 24.5 Å². The van der Waals surface area contributed by atoms with Crippen molar-refractivity contribution >= 4 is 17.7 Å². The molecule has 0 saturated heterocycles. The van der Waals surface area contributed by atoms with Crippen LogP contribution in [0.1, 0.15) is 43.6 Å². The maximum Gasteiger partial charge on any atom is 0.404 e. The fourth-order valence-electron chi connectivity index (χ4n) is 3.74. The number of nitrogens with two attached hydrogens (primary N) is 1. The quantitative estimate of drug-likeness (QED) is 0.466. The van der Waals surface area contributed by atoms with Crippen LogP contribution in [-0.2, 0) is 16.8 Å². The number of hydrogen-bond acceptors (Lipinski definition) is 6. The Kier molecular flexibility index (Phi) is 6.70. The lowest BCUT2D eigenvalue weighted by molar-refractivity contribution is -0.0197. The fraction of sp³-hybridized carbons (Fsp3) is 0.320. The van der Waals surface area contributed by atoms with Gasteiger partial charge >= 0.3 is 6.09 Å². The standard InChI is InChI=1S/C25H26ClN3O4/c1-25(2,16-3-7-18(8-4-16)31-15-23-28-12-11-22(26)29-23)17-5-9-19(10-6-17)32-20-13-21(14-20)33-24(27)30/h3-12,20-21H,13-15H2,1-2H3,(H2,27,30). The molecule has 0 atom stereocenters. The molecule has 7 nitrogen and oxygen atoms in total. The number of nitrogens with zero attached hydrogens (tertiary/aromatic N) is 2. The van der Waals surface area contributed by atoms with Gasteiger partial charge in [-0.3, -0.25) is 0 Å². The summed E-state index contributed by atoms with van der Waals surface area (Å²) in [6.45, 7) is 4.60. The van der Waals surface area contributed by atoms with Crippen LogP contribution in [-0.4, -0.2) is 28.3 Å². The maximum absolute atomic E-state index is 10.8. The van der Waals surface area contributed by atoms with Gasteiger partial charge in [-0.25, -0.2) is 14.8 Å². The van der Waals surface area contributed by atoms with Crippen LogP contribution in [0.25, 0.3) is 0 Å². The third kappa shape index (κ3) is 5.73. The largest absolute Gasteiger partial charge is 0.490 e. The number of rotatable bonds is 8. The van der Waals surface area contributed by atoms with Gasteiger partial charge in [-0.2, -0.15) is 0 Å². The van der Waals surface area contributed by atoms with Crippen molar-refractivity contribution in [2.75, 3.05) is 0 Å². The minimum absolute atomic E-state index is 0.0399. The molecule has 2 aromatic carbocycles. The Hall–Kier alpha value is -3.32. The van der Waals surface area contributed by atoms with Gasteiger partial charge in [0.05, 0.1) is 0 Å². The Morgan fingerprint density at radius 1 is 1.00 bits per heavy atom. The minimum atomic E-state index is -0.736. The molecule has 3 aromatic rings. The summed E-state index contributed by atoms with van der Waals surface area (Å²) in [5, 5.41) is 0.395. The van der Waals surface area contributed by atoms with E-state index in [1.54, 1.807) is 12.3 Å². The second-order valence-electron chi connectivity index (χ2n) is 8.53. The zero-order chi connectivity index (χ0) is 23.4. The van der Waals surface area contributed by atoms with Crippen molar-refractivity contribution in [1.29, 1.82) is 0 Å². The topological polar surface area (TPSA) is 96.6 Å². The number of hydrogen-bond donors (Lipinski definition) is 1. The molecule has 1 aliphatic rings. The van der Waals surface area contributed by atoms with Crippen molar-refractivity contribution in [1.82, 2.24) is 9.97 Å². The Labute approximate surface area is 197 Å². The van der Waals surface area contributed by atoms with Crippen molar-refractivity contribution < 1.29 is 19.0 Å². The molecule has 172 valence electrons. The lowest BCUT2D eigenvalue weighted by Gasteiger charge is -2.34. The second kappa shape index (κ2) is 9.67. The molecule has 8 heteroatoms. The van der Waals surface area contributed by atoms with E-state index in [9.17, 15) is 4.79 Å². The summed E-state index contributed by atoms with van der Waals surface area (Å²) < 4.78 is 16.7. The van der Waals surface area contributed by atoms with Gasteiger partial charge in [0.2, 0.25) is 0 Å². The SMILES string of the molecule is CC(C)(c1ccc(OCc2nccc(Cl)n2)cc1)c1ccc(OC2CC(OC(N)=O)C2)cc1. The second-order valence-corrected chi connectivity index (χ2v) is 8.92. The van der Waals surface area contributed by atoms with Gasteiger partial charge in [-0.1, -0.05) is 49.7 Å². The van der Waals surface area contributed by atoms with Crippen LogP contribution in [0.2, 0.25) is 5.15 Å². The molecular weight excluding hydrogens is 442 g/mol. The van der Waals surface area contributed by atoms with E-state index in [1.807, 2.05) is 24.3 Å². The minimum Gasteiger partial charge on any atom is -0.490 e. The predicted molar refractivity (Wildman–Crippen MR) is 124 cm³/mol. The third-order valence-electron chi connectivity index (χ3n) is 5.83. The first kappa shape index (κ1) is 22.9. The zero-order valence-electron chi connectivity index (χ0n) is 18.5. The summed E-state index contributed by atoms with van der Waals surface area (Å²) in [5.41, 5.74) is 7.16. The van der Waals surface area contributed by atoms with Gasteiger partial charge in [-0.05, 0) is 41.5 Å². The number of ether oxygens (including phenoxy) is 3. The normalized spacial score (nSPS) is 17.7. The Balaban J connectivity index is 1.34. The van der Waals surface area contributed by atoms with E-state index < -0.39 is 6.09 Å². The van der Waals surface area contributed by atoms with Crippen molar-refractivity contribution in [3.05, 3.63) is 82.9 Å². The number of halogens is 1. The molecule has 0 unspecified atom stereocenters. The molecule has 0 spiro atoms. The Bertz CT molecular complexity index is 1100. The van der Waals surface area contributed by atoms with Crippen molar-refractivity contribution in [2.45, 2.75) is 50.9 Å². The zero-order valence-corrected chi connectivity index (χ0v) is 19.3. The number of carbonyl (C=O) groups excluding carboxylic acids is 1. The van der Waals surface area contributed by atoms with Crippen LogP contribution in [0, 0.1) is 0 Å². The van der Waals surface area contributed by atoms with Crippen LogP contribution in [0.4, 0.5) is 4.79 Å². The lowest BCUT2D eigenvalue weighted by atomic mass is 9.78. The predicted octanol–water partition coefficient (Wildman–Crippen LogP) is 5.04. The average molecular weight is 468 g/mol. The Morgan fingerprint density at radius 3 is 2.18 bits per heavy atom. The van der Waals surface area contributed by atoms with E-state index in [0.717, 1.165) is 17.1 Å². The molecule has 1 heterocycles. The molecule has 0 aliphatic heterocycles. The fourth-order valence-corrected chi connectivity index (χ4v) is 3.90. The lowest BCUT2D eigenvalue weighted by Crippen LogP contribution is -2.41. The number of benzene rings is 2. The smallest absolute Gasteiger partial charge is 0.404 e. The monoisotopic (exact) mass is 467 g/mol. The van der Waals surface area contributed by atoms with Crippen LogP contribution >= 0.6 is 11.6 Å². The highest BCUT2D eigenvalue weighted by molar-refractivity contribution is 6.29. The summed E-state index contributed by atoms with van der Waals surface area (Å²) >= 11 is 5.89. The van der Waals surface area contributed by atoms with E-state index in [4.69, 9.17) is 31.5 Å². The summed E-state index contributed by atoms with van der Waals surface area (Å²) in [5.74, 6) is 2.07. The molecule has 4 rings (SSSR count). The highest BCUT2D eigenvalue weighted by atomic mass is 35.5. The first-order valence-corrected chi connectivity index (χ1v) is 11.1. The van der Waals surface area contributed by atoms with Crippen molar-refractivity contribution in [2.24, 2.45) is 5.73 Å². The summed E-state index contributed by atoms with van der Waals surface area (Å²) in [6, 6.07) is 17.7. The van der Waals surface area contributed by atoms with E-state index in [-0.39, 0.29) is 24.2 Å². The molecule has 2 N–H and O–H groups in total. The van der Waals surface area contributed by atoms with Crippen molar-refractivity contribution in [3.63, 3.8) is 0 Å². The van der Waals surface area contributed by atoms with E-state index in [2.05, 4.69) is 48.1 Å². The van der Waals surface area contributed by atoms with Gasteiger partial charge in [-0.15, -0.1) is 0 Å². The van der Waals surface area contributed by atoms with Crippen LogP contribution in [0.5, 0.6) is 11.5 Å². The van der Waals surface area contributed by atoms with Gasteiger partial charge < -0.3 is 19.9 Å². The molecule has 1 fully saturated rings. The highest BCUT2D eigenvalue weighted by Gasteiger charge is 2.33. The molecular formula is C25H26ClN3O4. The van der Waals surface area contributed by atoms with Crippen molar-refractivity contribution in [3.8, 4) is 11.5 Å². The first-order chi connectivity index (χ1) is 15.8. The molecule has 1 aromatic heterocycles. The van der Waals surface area contributed by atoms with Crippen LogP contribution in [0.15, 0.2) is 60.8 Å². The number of aromatic nitrogens is 2. The van der Waals surface area contributed by atoms with Gasteiger partial charge in [0.15, 0.2) is 5.82 Å². The average Bonchev–Trinajstić information content (AvgIpc) is 2.77. The summed E-state index contributed by atoms with van der Waals surface area (Å²) in [6.07, 6.45) is 2.09. The number of primary amides is 1. The Morgan fingerprint density at radius 2 is 1.61 bits per heavy atom. The third-order valence-corrected chi connectivity index (χ3v) is 6.04. The maximum atomic E-state index is 10.8. The van der Waals surface area contributed by atoms with Crippen LogP contribution in [0.3, 0.4) is 0 Å². The van der Waals surface area contributed by atoms with E-state index >= 15 is 0 Å². The van der Waals surface area contributed by atoms with E-state index in [0.29, 0.717) is 23.8 Å². The highest BCUT2D eigenvalue weighted by Crippen LogP contribution is 2.34. The van der Waals surface area contributed by atoms with Crippen LogP contribution < -0.4 is 15.2 Å². The molecule has 1 saturated carbocycles. The molecule has 1 amide bonds. The summed E-state index contributed by atoms with van der Waals surface area (Å²) in [7, 11) is 0. The first-order valence-electron chi connectivity index (χ1n) is 10.7. The van der Waals surface area contributed by atoms with Gasteiger partial charge in [0.1, 0.15) is 35.5 Å². The number of carbonyl (C=O) groups is 1. The molecule has 0 bridgehead atoms. The molecule has 33 heavy (non-hydrogen) atoms. The molecule has 0 radical (unpaired) electrons. The summed E-state index contributed by atoms with van der Waals surface area (Å²) in [4.78, 5) is 19.1. The number of amides is 1.